The molecule has 26 atom stereocenters. The van der Waals surface area contributed by atoms with Crippen LogP contribution in [0.1, 0.15) is 107 Å². The molecule has 5 aliphatic heterocycles. The zero-order chi connectivity index (χ0) is 47.8. The van der Waals surface area contributed by atoms with Crippen LogP contribution in [0.15, 0.2) is 11.6 Å². The highest BCUT2D eigenvalue weighted by Gasteiger charge is 2.81. The van der Waals surface area contributed by atoms with Crippen molar-refractivity contribution in [1.29, 1.82) is 0 Å². The van der Waals surface area contributed by atoms with Gasteiger partial charge in [0.15, 0.2) is 24.7 Å². The second-order valence-corrected chi connectivity index (χ2v) is 23.4. The van der Waals surface area contributed by atoms with Gasteiger partial charge in [-0.25, -0.2) is 0 Å². The molecule has 3 unspecified atom stereocenters. The lowest BCUT2D eigenvalue weighted by Crippen LogP contribution is -2.68. The predicted octanol–water partition coefficient (Wildman–Crippen LogP) is 0.355. The summed E-state index contributed by atoms with van der Waals surface area (Å²) >= 11 is 0. The Kier molecular flexibility index (Phi) is 13.1. The van der Waals surface area contributed by atoms with Crippen molar-refractivity contribution in [3.8, 4) is 0 Å². The van der Waals surface area contributed by atoms with Gasteiger partial charge in [-0.2, -0.15) is 0 Å². The number of hydrogen-bond acceptors (Lipinski definition) is 18. The summed E-state index contributed by atoms with van der Waals surface area (Å²) in [4.78, 5) is 0. The molecule has 0 aromatic rings. The summed E-state index contributed by atoms with van der Waals surface area (Å²) < 4.78 is 51.2. The molecule has 18 heteroatoms. The van der Waals surface area contributed by atoms with Crippen molar-refractivity contribution in [1.82, 2.24) is 0 Å². The van der Waals surface area contributed by atoms with Gasteiger partial charge in [0.2, 0.25) is 0 Å². The Balaban J connectivity index is 0.996. The van der Waals surface area contributed by atoms with Crippen molar-refractivity contribution >= 4 is 0 Å². The fraction of sp³-hybridized carbons (Fsp3) is 0.958. The van der Waals surface area contributed by atoms with Crippen LogP contribution in [-0.4, -0.2) is 187 Å². The highest BCUT2D eigenvalue weighted by molar-refractivity contribution is 5.26. The Labute approximate surface area is 387 Å². The maximum atomic E-state index is 12.2. The van der Waals surface area contributed by atoms with Gasteiger partial charge < -0.3 is 89.0 Å². The summed E-state index contributed by atoms with van der Waals surface area (Å²) in [5.41, 5.74) is -0.685. The van der Waals surface area contributed by atoms with Gasteiger partial charge in [0.25, 0.3) is 0 Å². The molecule has 5 heterocycles. The summed E-state index contributed by atoms with van der Waals surface area (Å²) in [5, 5.41) is 109. The van der Waals surface area contributed by atoms with Crippen LogP contribution in [0.2, 0.25) is 0 Å². The third kappa shape index (κ3) is 7.48. The number of allylic oxidation sites excluding steroid dienone is 1. The number of hydrogen-bond donors (Lipinski definition) is 10. The minimum Gasteiger partial charge on any atom is -0.394 e. The van der Waals surface area contributed by atoms with E-state index in [-0.39, 0.29) is 40.1 Å². The lowest BCUT2D eigenvalue weighted by atomic mass is 9.35. The quantitative estimate of drug-likeness (QED) is 0.110. The first-order valence-corrected chi connectivity index (χ1v) is 24.5. The van der Waals surface area contributed by atoms with Crippen molar-refractivity contribution < 1.29 is 89.0 Å². The van der Waals surface area contributed by atoms with Gasteiger partial charge in [-0.05, 0) is 100 Å². The monoisotopic (exact) mass is 943 g/mol. The number of rotatable bonds is 9. The smallest absolute Gasteiger partial charge is 0.187 e. The molecule has 2 spiro atoms. The first-order valence-electron chi connectivity index (χ1n) is 24.5. The average molecular weight is 943 g/mol. The average Bonchev–Trinajstić information content (AvgIpc) is 3.77. The van der Waals surface area contributed by atoms with Crippen LogP contribution < -0.4 is 0 Å². The minimum atomic E-state index is -1.87. The van der Waals surface area contributed by atoms with Gasteiger partial charge in [0, 0.05) is 24.2 Å². The Morgan fingerprint density at radius 3 is 1.95 bits per heavy atom. The molecule has 0 amide bonds. The van der Waals surface area contributed by atoms with E-state index in [2.05, 4.69) is 47.6 Å². The zero-order valence-corrected chi connectivity index (χ0v) is 39.7. The van der Waals surface area contributed by atoms with Crippen LogP contribution in [0, 0.1) is 45.3 Å². The molecule has 18 nitrogen and oxygen atoms in total. The zero-order valence-electron chi connectivity index (χ0n) is 39.7. The van der Waals surface area contributed by atoms with E-state index in [1.54, 1.807) is 0 Å². The SMILES string of the molecule is CC(C)=C[C@H]1C[C@](C)(O)C2C3CC[C@@H]4[C@@]5(C)CC[C@H](O[C@@H]6O[C@H](CO)[C@@H](O)[C@H](O[C@@H]7O[C@H](CO)[C@@H](O)[C@H](O)[C@H]7O)[C@H]6O[C@@H]6O[C@@H](C)[C@H](O)[C@@H](O)[C@H]6O)C(C)(C)C5CC[C@@]4(C)[C@@]34CO[C@@]2(C4)O1. The topological polar surface area (TPSA) is 276 Å². The molecule has 4 saturated carbocycles. The van der Waals surface area contributed by atoms with Crippen LogP contribution in [0.3, 0.4) is 0 Å². The minimum absolute atomic E-state index is 0.0990. The molecule has 0 radical (unpaired) electrons. The normalized spacial score (nSPS) is 57.6. The van der Waals surface area contributed by atoms with Gasteiger partial charge in [0.05, 0.1) is 43.7 Å². The lowest BCUT2D eigenvalue weighted by molar-refractivity contribution is -0.398. The van der Waals surface area contributed by atoms with E-state index >= 15 is 0 Å². The molecule has 66 heavy (non-hydrogen) atoms. The Morgan fingerprint density at radius 1 is 0.667 bits per heavy atom. The van der Waals surface area contributed by atoms with Gasteiger partial charge in [-0.15, -0.1) is 0 Å². The van der Waals surface area contributed by atoms with Gasteiger partial charge in [0.1, 0.15) is 67.1 Å². The molecule has 9 aliphatic rings. The number of ether oxygens (including phenoxy) is 8. The fourth-order valence-corrected chi connectivity index (χ4v) is 16.0. The molecule has 0 aromatic carbocycles. The van der Waals surface area contributed by atoms with E-state index in [0.29, 0.717) is 25.4 Å². The molecular formula is C48H78O18. The molecular weight excluding hydrogens is 865 g/mol. The summed E-state index contributed by atoms with van der Waals surface area (Å²) in [5.74, 6) is -0.197. The van der Waals surface area contributed by atoms with Crippen LogP contribution >= 0.6 is 0 Å². The summed E-state index contributed by atoms with van der Waals surface area (Å²) in [6.07, 6.45) is -15.6. The maximum Gasteiger partial charge on any atom is 0.187 e. The van der Waals surface area contributed by atoms with E-state index < -0.39 is 128 Å². The highest BCUT2D eigenvalue weighted by atomic mass is 16.8. The molecule has 378 valence electrons. The third-order valence-corrected chi connectivity index (χ3v) is 19.1. The number of fused-ring (bicyclic) bond motifs is 4. The summed E-state index contributed by atoms with van der Waals surface area (Å²) in [6.45, 7) is 16.1. The highest BCUT2D eigenvalue weighted by Crippen LogP contribution is 2.80. The van der Waals surface area contributed by atoms with E-state index in [1.807, 2.05) is 6.92 Å². The largest absolute Gasteiger partial charge is 0.394 e. The van der Waals surface area contributed by atoms with Crippen LogP contribution in [0.5, 0.6) is 0 Å². The van der Waals surface area contributed by atoms with Crippen LogP contribution in [-0.2, 0) is 37.9 Å². The molecule has 10 N–H and O–H groups in total. The molecule has 2 bridgehead atoms. The van der Waals surface area contributed by atoms with Crippen molar-refractivity contribution in [3.63, 3.8) is 0 Å². The van der Waals surface area contributed by atoms with Crippen molar-refractivity contribution in [2.75, 3.05) is 19.8 Å². The molecule has 5 saturated heterocycles. The predicted molar refractivity (Wildman–Crippen MR) is 229 cm³/mol. The first-order chi connectivity index (χ1) is 30.9. The van der Waals surface area contributed by atoms with E-state index in [9.17, 15) is 51.1 Å². The summed E-state index contributed by atoms with van der Waals surface area (Å²) in [7, 11) is 0. The van der Waals surface area contributed by atoms with E-state index in [0.717, 1.165) is 44.1 Å². The lowest BCUT2D eigenvalue weighted by Gasteiger charge is -2.70. The fourth-order valence-electron chi connectivity index (χ4n) is 16.0. The molecule has 9 rings (SSSR count). The van der Waals surface area contributed by atoms with Crippen LogP contribution in [0.25, 0.3) is 0 Å². The van der Waals surface area contributed by atoms with E-state index in [4.69, 9.17) is 37.9 Å². The van der Waals surface area contributed by atoms with Crippen molar-refractivity contribution in [2.24, 2.45) is 45.3 Å². The van der Waals surface area contributed by atoms with Gasteiger partial charge in [-0.1, -0.05) is 39.3 Å². The maximum absolute atomic E-state index is 12.2. The molecule has 9 fully saturated rings. The third-order valence-electron chi connectivity index (χ3n) is 19.1. The Morgan fingerprint density at radius 2 is 1.29 bits per heavy atom. The Bertz CT molecular complexity index is 1790. The number of aliphatic hydroxyl groups is 10. The van der Waals surface area contributed by atoms with Crippen molar-refractivity contribution in [3.05, 3.63) is 11.6 Å². The second kappa shape index (κ2) is 17.4. The molecule has 0 aromatic heterocycles. The Hall–Kier alpha value is -0.980. The number of aliphatic hydroxyl groups excluding tert-OH is 9. The second-order valence-electron chi connectivity index (χ2n) is 23.4. The van der Waals surface area contributed by atoms with Gasteiger partial charge >= 0.3 is 0 Å². The summed E-state index contributed by atoms with van der Waals surface area (Å²) in [6, 6.07) is 0. The first kappa shape index (κ1) is 50.0. The van der Waals surface area contributed by atoms with Gasteiger partial charge in [-0.3, -0.25) is 0 Å². The molecule has 4 aliphatic carbocycles. The van der Waals surface area contributed by atoms with Crippen LogP contribution in [0.4, 0.5) is 0 Å². The standard InChI is InChI=1S/C48H78O18/c1-21(2)15-23-16-46(8,58)39-24-9-10-28-44(6)13-12-29(43(4,5)27(44)11-14-45(28,7)47(24)19-48(39,66-23)59-20-47)63-42-38(65-40-35(56)33(54)30(51)22(3)60-40)37(32(53)26(18-50)62-42)64-41-36(57)34(55)31(52)25(17-49)61-41/h15,22-42,49-58H,9-14,16-20H2,1-8H3/t22-,23-,24?,25+,26+,27?,28+,29-,30-,31+,32+,33+,34-,35+,36+,37-,38+,39?,40-,41-,42-,44-,45+,46-,47-,48-/m0/s1. The van der Waals surface area contributed by atoms with Crippen molar-refractivity contribution in [2.45, 2.75) is 222 Å². The van der Waals surface area contributed by atoms with E-state index in [1.165, 1.54) is 6.92 Å².